The Bertz CT molecular complexity index is 426. The molecule has 0 bridgehead atoms. The van der Waals surface area contributed by atoms with Gasteiger partial charge in [0.15, 0.2) is 5.69 Å². The number of hydrogen-bond acceptors (Lipinski definition) is 4. The SMILES string of the molecule is CC(C)CCn1cc(C(=O)N(CCO)C2CC2)nn1. The molecule has 0 spiro atoms. The van der Waals surface area contributed by atoms with Crippen molar-refractivity contribution in [1.29, 1.82) is 0 Å². The van der Waals surface area contributed by atoms with Crippen LogP contribution in [0.15, 0.2) is 6.20 Å². The topological polar surface area (TPSA) is 71.2 Å². The number of amides is 1. The third-order valence-corrected chi connectivity index (χ3v) is 3.28. The fourth-order valence-electron chi connectivity index (χ4n) is 1.99. The normalized spacial score (nSPS) is 14.9. The fourth-order valence-corrected chi connectivity index (χ4v) is 1.99. The van der Waals surface area contributed by atoms with E-state index in [-0.39, 0.29) is 18.6 Å². The van der Waals surface area contributed by atoms with Crippen molar-refractivity contribution in [3.63, 3.8) is 0 Å². The van der Waals surface area contributed by atoms with Gasteiger partial charge >= 0.3 is 0 Å². The molecule has 0 aliphatic heterocycles. The second-order valence-electron chi connectivity index (χ2n) is 5.50. The summed E-state index contributed by atoms with van der Waals surface area (Å²) in [5.41, 5.74) is 0.379. The van der Waals surface area contributed by atoms with Crippen LogP contribution in [-0.4, -0.2) is 50.1 Å². The van der Waals surface area contributed by atoms with Gasteiger partial charge in [-0.15, -0.1) is 5.10 Å². The molecule has 1 aromatic heterocycles. The van der Waals surface area contributed by atoms with Crippen LogP contribution in [-0.2, 0) is 6.54 Å². The first-order chi connectivity index (χ1) is 9.11. The van der Waals surface area contributed by atoms with Crippen molar-refractivity contribution in [2.75, 3.05) is 13.2 Å². The van der Waals surface area contributed by atoms with Crippen LogP contribution >= 0.6 is 0 Å². The van der Waals surface area contributed by atoms with Gasteiger partial charge in [-0.25, -0.2) is 0 Å². The van der Waals surface area contributed by atoms with Gasteiger partial charge in [0.1, 0.15) is 0 Å². The van der Waals surface area contributed by atoms with E-state index >= 15 is 0 Å². The second kappa shape index (κ2) is 6.14. The fraction of sp³-hybridized carbons (Fsp3) is 0.769. The summed E-state index contributed by atoms with van der Waals surface area (Å²) in [6.45, 7) is 5.45. The molecule has 6 nitrogen and oxygen atoms in total. The molecular weight excluding hydrogens is 244 g/mol. The number of rotatable bonds is 7. The van der Waals surface area contributed by atoms with Gasteiger partial charge in [0, 0.05) is 19.1 Å². The molecule has 106 valence electrons. The van der Waals surface area contributed by atoms with Gasteiger partial charge in [0.05, 0.1) is 12.8 Å². The molecule has 1 aliphatic carbocycles. The highest BCUT2D eigenvalue weighted by Crippen LogP contribution is 2.27. The van der Waals surface area contributed by atoms with E-state index in [0.29, 0.717) is 18.2 Å². The molecule has 1 aliphatic rings. The minimum absolute atomic E-state index is 0.0102. The predicted molar refractivity (Wildman–Crippen MR) is 70.6 cm³/mol. The lowest BCUT2D eigenvalue weighted by molar-refractivity contribution is 0.0701. The molecule has 1 fully saturated rings. The Morgan fingerprint density at radius 3 is 2.89 bits per heavy atom. The number of aliphatic hydroxyl groups excluding tert-OH is 1. The summed E-state index contributed by atoms with van der Waals surface area (Å²) in [5.74, 6) is 0.480. The van der Waals surface area contributed by atoms with Gasteiger partial charge in [0.2, 0.25) is 0 Å². The van der Waals surface area contributed by atoms with E-state index in [2.05, 4.69) is 24.2 Å². The van der Waals surface area contributed by atoms with Crippen molar-refractivity contribution < 1.29 is 9.90 Å². The molecular formula is C13H22N4O2. The van der Waals surface area contributed by atoms with Gasteiger partial charge in [-0.2, -0.15) is 0 Å². The molecule has 1 heterocycles. The van der Waals surface area contributed by atoms with Gasteiger partial charge in [-0.1, -0.05) is 19.1 Å². The van der Waals surface area contributed by atoms with Crippen LogP contribution in [0.3, 0.4) is 0 Å². The maximum absolute atomic E-state index is 12.3. The molecule has 0 saturated heterocycles. The van der Waals surface area contributed by atoms with Gasteiger partial charge in [-0.05, 0) is 25.2 Å². The third kappa shape index (κ3) is 3.76. The third-order valence-electron chi connectivity index (χ3n) is 3.28. The molecule has 1 aromatic rings. The van der Waals surface area contributed by atoms with E-state index < -0.39 is 0 Å². The first-order valence-electron chi connectivity index (χ1n) is 6.93. The van der Waals surface area contributed by atoms with Crippen molar-refractivity contribution in [2.45, 2.75) is 45.7 Å². The number of aryl methyl sites for hydroxylation is 1. The first-order valence-corrected chi connectivity index (χ1v) is 6.93. The van der Waals surface area contributed by atoms with E-state index in [9.17, 15) is 4.79 Å². The van der Waals surface area contributed by atoms with E-state index in [1.807, 2.05) is 0 Å². The van der Waals surface area contributed by atoms with Crippen molar-refractivity contribution in [2.24, 2.45) is 5.92 Å². The van der Waals surface area contributed by atoms with E-state index in [4.69, 9.17) is 5.11 Å². The number of hydrogen-bond donors (Lipinski definition) is 1. The van der Waals surface area contributed by atoms with Gasteiger partial charge < -0.3 is 10.0 Å². The van der Waals surface area contributed by atoms with Crippen LogP contribution in [0.4, 0.5) is 0 Å². The molecule has 1 saturated carbocycles. The molecule has 1 N–H and O–H groups in total. The molecule has 0 unspecified atom stereocenters. The van der Waals surface area contributed by atoms with Crippen LogP contribution in [0.5, 0.6) is 0 Å². The summed E-state index contributed by atoms with van der Waals surface area (Å²) in [7, 11) is 0. The highest BCUT2D eigenvalue weighted by Gasteiger charge is 2.33. The summed E-state index contributed by atoms with van der Waals surface area (Å²) in [6, 6.07) is 0.278. The lowest BCUT2D eigenvalue weighted by atomic mass is 10.1. The van der Waals surface area contributed by atoms with E-state index in [0.717, 1.165) is 25.8 Å². The number of carbonyl (C=O) groups excluding carboxylic acids is 1. The lowest BCUT2D eigenvalue weighted by Gasteiger charge is -2.19. The van der Waals surface area contributed by atoms with Crippen LogP contribution in [0, 0.1) is 5.92 Å². The first kappa shape index (κ1) is 14.0. The predicted octanol–water partition coefficient (Wildman–Crippen LogP) is 0.921. The zero-order chi connectivity index (χ0) is 13.8. The minimum Gasteiger partial charge on any atom is -0.395 e. The van der Waals surface area contributed by atoms with Gasteiger partial charge in [0.25, 0.3) is 5.91 Å². The number of carbonyl (C=O) groups is 1. The highest BCUT2D eigenvalue weighted by atomic mass is 16.3. The Hall–Kier alpha value is -1.43. The zero-order valence-corrected chi connectivity index (χ0v) is 11.6. The molecule has 6 heteroatoms. The van der Waals surface area contributed by atoms with Crippen molar-refractivity contribution in [1.82, 2.24) is 19.9 Å². The van der Waals surface area contributed by atoms with Gasteiger partial charge in [-0.3, -0.25) is 9.48 Å². The number of aliphatic hydroxyl groups is 1. The summed E-state index contributed by atoms with van der Waals surface area (Å²) < 4.78 is 1.72. The Kier molecular flexibility index (Phi) is 4.52. The molecule has 0 aromatic carbocycles. The van der Waals surface area contributed by atoms with Crippen molar-refractivity contribution in [3.05, 3.63) is 11.9 Å². The number of aromatic nitrogens is 3. The minimum atomic E-state index is -0.118. The van der Waals surface area contributed by atoms with Crippen molar-refractivity contribution in [3.8, 4) is 0 Å². The smallest absolute Gasteiger partial charge is 0.276 e. The summed E-state index contributed by atoms with van der Waals surface area (Å²) in [4.78, 5) is 14.0. The average Bonchev–Trinajstić information content (AvgIpc) is 3.10. The Morgan fingerprint density at radius 2 is 2.32 bits per heavy atom. The standard InChI is InChI=1S/C13H22N4O2/c1-10(2)5-6-16-9-12(14-15-16)13(19)17(7-8-18)11-3-4-11/h9-11,18H,3-8H2,1-2H3. The number of nitrogens with zero attached hydrogens (tertiary/aromatic N) is 4. The molecule has 19 heavy (non-hydrogen) atoms. The van der Waals surface area contributed by atoms with Crippen LogP contribution in [0.2, 0.25) is 0 Å². The monoisotopic (exact) mass is 266 g/mol. The molecule has 1 amide bonds. The Labute approximate surface area is 113 Å². The summed E-state index contributed by atoms with van der Waals surface area (Å²) in [6.07, 6.45) is 4.76. The quantitative estimate of drug-likeness (QED) is 0.796. The second-order valence-corrected chi connectivity index (χ2v) is 5.50. The van der Waals surface area contributed by atoms with Crippen molar-refractivity contribution >= 4 is 5.91 Å². The van der Waals surface area contributed by atoms with E-state index in [1.165, 1.54) is 0 Å². The highest BCUT2D eigenvalue weighted by molar-refractivity contribution is 5.92. The zero-order valence-electron chi connectivity index (χ0n) is 11.6. The lowest BCUT2D eigenvalue weighted by Crippen LogP contribution is -2.35. The maximum atomic E-state index is 12.3. The summed E-state index contributed by atoms with van der Waals surface area (Å²) >= 11 is 0. The molecule has 0 radical (unpaired) electrons. The summed E-state index contributed by atoms with van der Waals surface area (Å²) in [5, 5.41) is 17.0. The molecule has 0 atom stereocenters. The largest absolute Gasteiger partial charge is 0.395 e. The van der Waals surface area contributed by atoms with Crippen LogP contribution < -0.4 is 0 Å². The Balaban J connectivity index is 1.98. The maximum Gasteiger partial charge on any atom is 0.276 e. The Morgan fingerprint density at radius 1 is 1.58 bits per heavy atom. The average molecular weight is 266 g/mol. The van der Waals surface area contributed by atoms with Crippen LogP contribution in [0.1, 0.15) is 43.6 Å². The molecule has 2 rings (SSSR count). The van der Waals surface area contributed by atoms with Crippen LogP contribution in [0.25, 0.3) is 0 Å². The van der Waals surface area contributed by atoms with E-state index in [1.54, 1.807) is 15.8 Å².